The van der Waals surface area contributed by atoms with E-state index in [1.807, 2.05) is 48.7 Å². The molecule has 8 nitrogen and oxygen atoms in total. The highest BCUT2D eigenvalue weighted by Crippen LogP contribution is 2.29. The number of ether oxygens (including phenoxy) is 1. The number of rotatable bonds is 8. The van der Waals surface area contributed by atoms with Crippen LogP contribution in [0.1, 0.15) is 12.5 Å². The predicted octanol–water partition coefficient (Wildman–Crippen LogP) is 6.50. The normalized spacial score (nSPS) is 11.1. The van der Waals surface area contributed by atoms with Gasteiger partial charge in [-0.3, -0.25) is 4.98 Å². The molecule has 194 valence electrons. The molecule has 0 radical (unpaired) electrons. The summed E-state index contributed by atoms with van der Waals surface area (Å²) < 4.78 is 20.3. The molecule has 0 fully saturated rings. The van der Waals surface area contributed by atoms with Crippen molar-refractivity contribution in [1.82, 2.24) is 24.7 Å². The lowest BCUT2D eigenvalue weighted by molar-refractivity contribution is -0.137. The summed E-state index contributed by atoms with van der Waals surface area (Å²) in [6, 6.07) is 17.5. The van der Waals surface area contributed by atoms with E-state index in [9.17, 15) is 9.18 Å². The number of halogens is 2. The Balaban J connectivity index is 1.55. The van der Waals surface area contributed by atoms with Crippen LogP contribution in [0.4, 0.5) is 16.0 Å². The Morgan fingerprint density at radius 3 is 2.77 bits per heavy atom. The smallest absolute Gasteiger partial charge is 0.330 e. The van der Waals surface area contributed by atoms with E-state index in [1.165, 1.54) is 18.2 Å². The number of nitrogens with one attached hydrogen (secondary N) is 1. The number of benzene rings is 2. The third-order valence-corrected chi connectivity index (χ3v) is 5.89. The topological polar surface area (TPSA) is 94.8 Å². The fraction of sp³-hybridized carbons (Fsp3) is 0.0690. The van der Waals surface area contributed by atoms with Crippen molar-refractivity contribution in [3.63, 3.8) is 0 Å². The SMILES string of the molecule is CCOC(=O)/C=C/c1cccc(-c2cnc(Nc3ccc(F)c(Cl)c3)nc2-n2cc(-c3ccccn3)cn2)c1. The molecule has 0 aliphatic carbocycles. The van der Waals surface area contributed by atoms with Gasteiger partial charge in [0.05, 0.1) is 23.5 Å². The van der Waals surface area contributed by atoms with E-state index in [0.717, 1.165) is 22.4 Å². The molecule has 0 aliphatic rings. The molecule has 39 heavy (non-hydrogen) atoms. The first-order chi connectivity index (χ1) is 19.0. The monoisotopic (exact) mass is 540 g/mol. The van der Waals surface area contributed by atoms with Crippen LogP contribution in [-0.4, -0.2) is 37.3 Å². The molecule has 3 heterocycles. The summed E-state index contributed by atoms with van der Waals surface area (Å²) in [7, 11) is 0. The number of hydrogen-bond donors (Lipinski definition) is 1. The maximum absolute atomic E-state index is 13.6. The Kier molecular flexibility index (Phi) is 7.70. The molecule has 0 bridgehead atoms. The lowest BCUT2D eigenvalue weighted by atomic mass is 10.0. The molecule has 5 aromatic rings. The standard InChI is InChI=1S/C29H22ClFN6O2/c1-2-39-27(38)12-9-19-6-5-7-20(14-19)23-17-33-29(35-22-10-11-25(31)24(30)15-22)36-28(23)37-18-21(16-34-37)26-8-3-4-13-32-26/h3-18H,2H2,1H3,(H,33,35,36)/b12-9+. The Morgan fingerprint density at radius 2 is 1.97 bits per heavy atom. The zero-order valence-electron chi connectivity index (χ0n) is 20.8. The second-order valence-electron chi connectivity index (χ2n) is 8.28. The molecule has 0 amide bonds. The van der Waals surface area contributed by atoms with Crippen LogP contribution >= 0.6 is 11.6 Å². The second kappa shape index (κ2) is 11.7. The van der Waals surface area contributed by atoms with Gasteiger partial charge in [-0.05, 0) is 60.5 Å². The third-order valence-electron chi connectivity index (χ3n) is 5.60. The average Bonchev–Trinajstić information content (AvgIpc) is 3.45. The molecule has 1 N–H and O–H groups in total. The molecule has 0 unspecified atom stereocenters. The molecule has 0 aliphatic heterocycles. The summed E-state index contributed by atoms with van der Waals surface area (Å²) >= 11 is 5.94. The van der Waals surface area contributed by atoms with Crippen LogP contribution in [0.25, 0.3) is 34.3 Å². The number of aromatic nitrogens is 5. The van der Waals surface area contributed by atoms with E-state index in [0.29, 0.717) is 23.7 Å². The zero-order valence-corrected chi connectivity index (χ0v) is 21.5. The largest absolute Gasteiger partial charge is 0.463 e. The van der Waals surface area contributed by atoms with E-state index in [2.05, 4.69) is 20.4 Å². The number of nitrogens with zero attached hydrogens (tertiary/aromatic N) is 5. The number of pyridine rings is 1. The number of anilines is 2. The number of carbonyl (C=O) groups excluding carboxylic acids is 1. The molecule has 2 aromatic carbocycles. The van der Waals surface area contributed by atoms with Crippen molar-refractivity contribution in [3.05, 3.63) is 108 Å². The predicted molar refractivity (Wildman–Crippen MR) is 148 cm³/mol. The van der Waals surface area contributed by atoms with Crippen molar-refractivity contribution >= 4 is 35.3 Å². The summed E-state index contributed by atoms with van der Waals surface area (Å²) in [5, 5.41) is 7.59. The highest BCUT2D eigenvalue weighted by atomic mass is 35.5. The Bertz CT molecular complexity index is 1660. The van der Waals surface area contributed by atoms with Crippen molar-refractivity contribution in [3.8, 4) is 28.2 Å². The second-order valence-corrected chi connectivity index (χ2v) is 8.69. The molecule has 3 aromatic heterocycles. The van der Waals surface area contributed by atoms with Gasteiger partial charge in [0.2, 0.25) is 5.95 Å². The van der Waals surface area contributed by atoms with E-state index in [1.54, 1.807) is 42.3 Å². The number of esters is 1. The maximum Gasteiger partial charge on any atom is 0.330 e. The van der Waals surface area contributed by atoms with Crippen LogP contribution < -0.4 is 5.32 Å². The molecular formula is C29H22ClFN6O2. The molecule has 0 atom stereocenters. The summed E-state index contributed by atoms with van der Waals surface area (Å²) in [5.41, 5.74) is 4.41. The van der Waals surface area contributed by atoms with Crippen molar-refractivity contribution in [2.24, 2.45) is 0 Å². The molecular weight excluding hydrogens is 519 g/mol. The van der Waals surface area contributed by atoms with Gasteiger partial charge >= 0.3 is 5.97 Å². The van der Waals surface area contributed by atoms with Gasteiger partial charge in [-0.1, -0.05) is 35.9 Å². The summed E-state index contributed by atoms with van der Waals surface area (Å²) in [4.78, 5) is 25.4. The Hall–Kier alpha value is -4.89. The van der Waals surface area contributed by atoms with Gasteiger partial charge in [0, 0.05) is 41.5 Å². The first-order valence-electron chi connectivity index (χ1n) is 12.0. The number of carbonyl (C=O) groups is 1. The Labute approximate surface area is 228 Å². The molecule has 0 spiro atoms. The Morgan fingerprint density at radius 1 is 1.08 bits per heavy atom. The third kappa shape index (κ3) is 6.16. The minimum absolute atomic E-state index is 0.0170. The van der Waals surface area contributed by atoms with Crippen LogP contribution in [0.15, 0.2) is 91.5 Å². The first kappa shape index (κ1) is 25.7. The molecule has 0 saturated carbocycles. The minimum Gasteiger partial charge on any atom is -0.463 e. The van der Waals surface area contributed by atoms with Gasteiger partial charge in [0.25, 0.3) is 0 Å². The van der Waals surface area contributed by atoms with Gasteiger partial charge in [0.1, 0.15) is 5.82 Å². The first-order valence-corrected chi connectivity index (χ1v) is 12.4. The average molecular weight is 541 g/mol. The van der Waals surface area contributed by atoms with Crippen molar-refractivity contribution in [2.45, 2.75) is 6.92 Å². The highest BCUT2D eigenvalue weighted by Gasteiger charge is 2.15. The quantitative estimate of drug-likeness (QED) is 0.177. The molecule has 10 heteroatoms. The van der Waals surface area contributed by atoms with Gasteiger partial charge < -0.3 is 10.1 Å². The van der Waals surface area contributed by atoms with Crippen LogP contribution in [0.3, 0.4) is 0 Å². The van der Waals surface area contributed by atoms with Crippen molar-refractivity contribution < 1.29 is 13.9 Å². The lowest BCUT2D eigenvalue weighted by Gasteiger charge is -2.12. The lowest BCUT2D eigenvalue weighted by Crippen LogP contribution is -2.06. The van der Waals surface area contributed by atoms with Gasteiger partial charge in [-0.25, -0.2) is 18.9 Å². The van der Waals surface area contributed by atoms with Crippen molar-refractivity contribution in [1.29, 1.82) is 0 Å². The fourth-order valence-electron chi connectivity index (χ4n) is 3.78. The van der Waals surface area contributed by atoms with Crippen LogP contribution in [0.2, 0.25) is 5.02 Å². The van der Waals surface area contributed by atoms with Crippen molar-refractivity contribution in [2.75, 3.05) is 11.9 Å². The fourth-order valence-corrected chi connectivity index (χ4v) is 3.96. The highest BCUT2D eigenvalue weighted by molar-refractivity contribution is 6.31. The van der Waals surface area contributed by atoms with Gasteiger partial charge in [0.15, 0.2) is 5.82 Å². The van der Waals surface area contributed by atoms with E-state index in [-0.39, 0.29) is 11.0 Å². The van der Waals surface area contributed by atoms with Crippen LogP contribution in [0.5, 0.6) is 0 Å². The van der Waals surface area contributed by atoms with Gasteiger partial charge in [-0.15, -0.1) is 0 Å². The molecule has 5 rings (SSSR count). The summed E-state index contributed by atoms with van der Waals surface area (Å²) in [6.07, 6.45) is 9.99. The van der Waals surface area contributed by atoms with Gasteiger partial charge in [-0.2, -0.15) is 10.1 Å². The molecule has 0 saturated heterocycles. The maximum atomic E-state index is 13.6. The number of hydrogen-bond acceptors (Lipinski definition) is 7. The summed E-state index contributed by atoms with van der Waals surface area (Å²) in [5.74, 6) is -0.171. The zero-order chi connectivity index (χ0) is 27.2. The van der Waals surface area contributed by atoms with Crippen LogP contribution in [-0.2, 0) is 9.53 Å². The van der Waals surface area contributed by atoms with E-state index < -0.39 is 11.8 Å². The van der Waals surface area contributed by atoms with Crippen LogP contribution in [0, 0.1) is 5.82 Å². The van der Waals surface area contributed by atoms with E-state index >= 15 is 0 Å². The van der Waals surface area contributed by atoms with E-state index in [4.69, 9.17) is 21.3 Å². The minimum atomic E-state index is -0.519. The summed E-state index contributed by atoms with van der Waals surface area (Å²) in [6.45, 7) is 2.06.